The molecule has 0 aliphatic carbocycles. The van der Waals surface area contributed by atoms with Crippen LogP contribution in [0.1, 0.15) is 43.1 Å². The fourth-order valence-corrected chi connectivity index (χ4v) is 3.36. The number of allylic oxidation sites excluding steroid dienone is 2. The number of carbonyl (C=O) groups is 1. The number of hydrogen-bond acceptors (Lipinski definition) is 3. The van der Waals surface area contributed by atoms with Crippen molar-refractivity contribution < 1.29 is 13.6 Å². The average molecular weight is 450 g/mol. The second-order valence-electron chi connectivity index (χ2n) is 8.25. The van der Waals surface area contributed by atoms with Gasteiger partial charge in [0.2, 0.25) is 0 Å². The van der Waals surface area contributed by atoms with Gasteiger partial charge in [-0.1, -0.05) is 43.8 Å². The Balaban J connectivity index is 1.91. The molecule has 33 heavy (non-hydrogen) atoms. The van der Waals surface area contributed by atoms with Gasteiger partial charge in [0, 0.05) is 54.3 Å². The molecule has 6 heteroatoms. The molecule has 1 N–H and O–H groups in total. The minimum atomic E-state index is -2.92. The van der Waals surface area contributed by atoms with Crippen molar-refractivity contribution in [2.24, 2.45) is 0 Å². The lowest BCUT2D eigenvalue weighted by molar-refractivity contribution is -0.00101. The molecule has 0 aliphatic heterocycles. The van der Waals surface area contributed by atoms with Crippen LogP contribution in [0.5, 0.6) is 0 Å². The van der Waals surface area contributed by atoms with E-state index in [0.717, 1.165) is 38.7 Å². The monoisotopic (exact) mass is 449 g/mol. The van der Waals surface area contributed by atoms with Crippen LogP contribution in [0, 0.1) is 0 Å². The zero-order valence-corrected chi connectivity index (χ0v) is 19.5. The molecule has 1 amide bonds. The van der Waals surface area contributed by atoms with Crippen molar-refractivity contribution in [3.05, 3.63) is 84.5 Å². The summed E-state index contributed by atoms with van der Waals surface area (Å²) in [4.78, 5) is 18.8. The molecule has 0 aliphatic rings. The largest absolute Gasteiger partial charge is 0.355 e. The van der Waals surface area contributed by atoms with Gasteiger partial charge in [0.25, 0.3) is 11.8 Å². The molecule has 0 unspecified atom stereocenters. The number of pyridine rings is 1. The Kier molecular flexibility index (Phi) is 7.26. The molecule has 3 rings (SSSR count). The van der Waals surface area contributed by atoms with Gasteiger partial charge in [-0.2, -0.15) is 0 Å². The lowest BCUT2D eigenvalue weighted by Gasteiger charge is -2.15. The summed E-state index contributed by atoms with van der Waals surface area (Å²) in [7, 11) is 1.96. The Morgan fingerprint density at radius 2 is 1.79 bits per heavy atom. The summed E-state index contributed by atoms with van der Waals surface area (Å²) in [6, 6.07) is 13.2. The minimum absolute atomic E-state index is 0.324. The summed E-state index contributed by atoms with van der Waals surface area (Å²) in [5.41, 5.74) is 5.29. The van der Waals surface area contributed by atoms with Gasteiger partial charge in [-0.3, -0.25) is 9.78 Å². The van der Waals surface area contributed by atoms with E-state index in [4.69, 9.17) is 0 Å². The summed E-state index contributed by atoms with van der Waals surface area (Å²) in [6.45, 7) is 8.64. The van der Waals surface area contributed by atoms with Gasteiger partial charge >= 0.3 is 0 Å². The number of benzene rings is 2. The molecule has 0 bridgehead atoms. The van der Waals surface area contributed by atoms with E-state index in [-0.39, 0.29) is 6.42 Å². The van der Waals surface area contributed by atoms with Crippen LogP contribution in [-0.4, -0.2) is 35.3 Å². The van der Waals surface area contributed by atoms with Crippen molar-refractivity contribution in [3.8, 4) is 11.1 Å². The smallest absolute Gasteiger partial charge is 0.264 e. The predicted octanol–water partition coefficient (Wildman–Crippen LogP) is 6.50. The summed E-state index contributed by atoms with van der Waals surface area (Å²) >= 11 is 0. The quantitative estimate of drug-likeness (QED) is 0.427. The number of alkyl halides is 2. The van der Waals surface area contributed by atoms with Gasteiger partial charge in [0.05, 0.1) is 6.54 Å². The van der Waals surface area contributed by atoms with Crippen LogP contribution >= 0.6 is 0 Å². The molecular formula is C27H29F2N3O. The van der Waals surface area contributed by atoms with E-state index in [1.54, 1.807) is 30.6 Å². The molecule has 4 nitrogen and oxygen atoms in total. The topological polar surface area (TPSA) is 45.2 Å². The van der Waals surface area contributed by atoms with Crippen LogP contribution in [0.15, 0.2) is 73.3 Å². The highest BCUT2D eigenvalue weighted by molar-refractivity contribution is 6.02. The Morgan fingerprint density at radius 3 is 2.42 bits per heavy atom. The van der Waals surface area contributed by atoms with Crippen LogP contribution in [0.3, 0.4) is 0 Å². The highest BCUT2D eigenvalue weighted by Crippen LogP contribution is 2.30. The Morgan fingerprint density at radius 1 is 1.12 bits per heavy atom. The van der Waals surface area contributed by atoms with Crippen LogP contribution in [0.25, 0.3) is 27.5 Å². The molecule has 0 radical (unpaired) electrons. The fourth-order valence-electron chi connectivity index (χ4n) is 3.36. The second kappa shape index (κ2) is 9.94. The molecular weight excluding hydrogens is 420 g/mol. The molecule has 0 saturated heterocycles. The maximum atomic E-state index is 13.5. The first-order valence-electron chi connectivity index (χ1n) is 10.8. The Hall–Kier alpha value is -3.54. The predicted molar refractivity (Wildman–Crippen MR) is 131 cm³/mol. The van der Waals surface area contributed by atoms with E-state index >= 15 is 0 Å². The second-order valence-corrected chi connectivity index (χ2v) is 8.25. The van der Waals surface area contributed by atoms with Crippen molar-refractivity contribution in [2.75, 3.05) is 13.6 Å². The van der Waals surface area contributed by atoms with Gasteiger partial charge in [-0.05, 0) is 48.1 Å². The molecule has 1 aromatic heterocycles. The van der Waals surface area contributed by atoms with Gasteiger partial charge in [0.1, 0.15) is 0 Å². The number of halogens is 2. The maximum Gasteiger partial charge on any atom is 0.264 e. The van der Waals surface area contributed by atoms with Crippen molar-refractivity contribution in [1.29, 1.82) is 0 Å². The summed E-state index contributed by atoms with van der Waals surface area (Å²) in [6.07, 6.45) is 5.18. The fraction of sp³-hybridized carbons (Fsp3) is 0.259. The maximum absolute atomic E-state index is 13.5. The SMILES string of the molecule is C=C(C)N(C)/C=C(\C)c1ccc(-c2cncc3ccc(C(=O)NCC(F)(F)CC)cc23)cc1. The third-order valence-electron chi connectivity index (χ3n) is 5.69. The number of hydrogen-bond donors (Lipinski definition) is 1. The molecule has 3 aromatic rings. The van der Waals surface area contributed by atoms with Crippen molar-refractivity contribution in [3.63, 3.8) is 0 Å². The average Bonchev–Trinajstić information content (AvgIpc) is 2.81. The first kappa shape index (κ1) is 24.1. The van der Waals surface area contributed by atoms with E-state index < -0.39 is 18.4 Å². The number of nitrogens with one attached hydrogen (secondary N) is 1. The number of rotatable bonds is 8. The number of amides is 1. The lowest BCUT2D eigenvalue weighted by Crippen LogP contribution is -2.36. The van der Waals surface area contributed by atoms with E-state index in [2.05, 4.69) is 16.9 Å². The van der Waals surface area contributed by atoms with Crippen molar-refractivity contribution >= 4 is 22.3 Å². The van der Waals surface area contributed by atoms with E-state index in [1.165, 1.54) is 6.92 Å². The van der Waals surface area contributed by atoms with Crippen LogP contribution < -0.4 is 5.32 Å². The first-order chi connectivity index (χ1) is 15.6. The van der Waals surface area contributed by atoms with E-state index in [9.17, 15) is 13.6 Å². The van der Waals surface area contributed by atoms with E-state index in [0.29, 0.717) is 5.56 Å². The number of aromatic nitrogens is 1. The Labute approximate surface area is 193 Å². The number of carbonyl (C=O) groups excluding carboxylic acids is 1. The molecule has 2 aromatic carbocycles. The van der Waals surface area contributed by atoms with Crippen LogP contribution in [0.4, 0.5) is 8.78 Å². The Bertz CT molecular complexity index is 1200. The van der Waals surface area contributed by atoms with Crippen LogP contribution in [-0.2, 0) is 0 Å². The normalized spacial score (nSPS) is 12.0. The van der Waals surface area contributed by atoms with Gasteiger partial charge in [-0.15, -0.1) is 0 Å². The minimum Gasteiger partial charge on any atom is -0.355 e. The standard InChI is InChI=1S/C27H29F2N3O/c1-6-27(28,29)17-31-26(33)22-11-12-23-14-30-15-25(24(23)13-22)21-9-7-20(8-10-21)19(4)16-32(5)18(2)3/h7-16H,2,6,17H2,1,3-5H3,(H,31,33)/b19-16+. The molecule has 0 fully saturated rings. The van der Waals surface area contributed by atoms with Gasteiger partial charge in [-0.25, -0.2) is 8.78 Å². The number of nitrogens with zero attached hydrogens (tertiary/aromatic N) is 2. The molecule has 172 valence electrons. The third kappa shape index (κ3) is 5.83. The highest BCUT2D eigenvalue weighted by Gasteiger charge is 2.26. The summed E-state index contributed by atoms with van der Waals surface area (Å²) in [5.74, 6) is -3.44. The summed E-state index contributed by atoms with van der Waals surface area (Å²) in [5, 5.41) is 4.04. The molecule has 0 atom stereocenters. The molecule has 1 heterocycles. The third-order valence-corrected chi connectivity index (χ3v) is 5.69. The number of fused-ring (bicyclic) bond motifs is 1. The zero-order chi connectivity index (χ0) is 24.2. The van der Waals surface area contributed by atoms with Gasteiger partial charge in [0.15, 0.2) is 0 Å². The lowest BCUT2D eigenvalue weighted by atomic mass is 9.97. The van der Waals surface area contributed by atoms with Crippen molar-refractivity contribution in [2.45, 2.75) is 33.1 Å². The van der Waals surface area contributed by atoms with Gasteiger partial charge < -0.3 is 10.2 Å². The highest BCUT2D eigenvalue weighted by atomic mass is 19.3. The molecule has 0 spiro atoms. The van der Waals surface area contributed by atoms with Crippen molar-refractivity contribution in [1.82, 2.24) is 15.2 Å². The first-order valence-corrected chi connectivity index (χ1v) is 10.8. The molecule has 0 saturated carbocycles. The zero-order valence-electron chi connectivity index (χ0n) is 19.5. The summed E-state index contributed by atoms with van der Waals surface area (Å²) < 4.78 is 27.1. The van der Waals surface area contributed by atoms with E-state index in [1.807, 2.05) is 56.3 Å². The van der Waals surface area contributed by atoms with Crippen LogP contribution in [0.2, 0.25) is 0 Å².